The van der Waals surface area contributed by atoms with Crippen LogP contribution in [-0.2, 0) is 19.1 Å². The molecule has 0 fully saturated rings. The predicted molar refractivity (Wildman–Crippen MR) is 55.0 cm³/mol. The SMILES string of the molecule is CCCCCCC(=O)OCCC.O=C=O. The number of ether oxygens (including phenoxy) is 1. The molecule has 0 aromatic heterocycles. The van der Waals surface area contributed by atoms with E-state index in [4.69, 9.17) is 14.3 Å². The molecule has 15 heavy (non-hydrogen) atoms. The van der Waals surface area contributed by atoms with Crippen LogP contribution in [0.4, 0.5) is 0 Å². The highest BCUT2D eigenvalue weighted by Gasteiger charge is 2.00. The van der Waals surface area contributed by atoms with Gasteiger partial charge in [-0.2, -0.15) is 9.59 Å². The highest BCUT2D eigenvalue weighted by atomic mass is 16.5. The van der Waals surface area contributed by atoms with E-state index in [1.807, 2.05) is 6.92 Å². The normalized spacial score (nSPS) is 8.40. The standard InChI is InChI=1S/C10H20O2.CO2/c1-3-5-6-7-8-10(11)12-9-4-2;2-1-3/h3-9H2,1-2H3;. The highest BCUT2D eigenvalue weighted by molar-refractivity contribution is 5.69. The van der Waals surface area contributed by atoms with Crippen molar-refractivity contribution in [1.29, 1.82) is 0 Å². The van der Waals surface area contributed by atoms with Gasteiger partial charge in [-0.05, 0) is 12.8 Å². The van der Waals surface area contributed by atoms with Gasteiger partial charge in [0.1, 0.15) is 0 Å². The molecule has 0 saturated heterocycles. The minimum Gasteiger partial charge on any atom is -0.466 e. The van der Waals surface area contributed by atoms with Crippen LogP contribution < -0.4 is 0 Å². The molecule has 0 bridgehead atoms. The molecular weight excluding hydrogens is 196 g/mol. The van der Waals surface area contributed by atoms with E-state index in [1.54, 1.807) is 0 Å². The summed E-state index contributed by atoms with van der Waals surface area (Å²) in [4.78, 5) is 27.2. The van der Waals surface area contributed by atoms with Crippen molar-refractivity contribution in [1.82, 2.24) is 0 Å². The first-order valence-electron chi connectivity index (χ1n) is 5.37. The lowest BCUT2D eigenvalue weighted by Gasteiger charge is -2.01. The van der Waals surface area contributed by atoms with Crippen molar-refractivity contribution in [2.75, 3.05) is 6.61 Å². The van der Waals surface area contributed by atoms with Gasteiger partial charge in [-0.25, -0.2) is 0 Å². The van der Waals surface area contributed by atoms with Gasteiger partial charge in [-0.3, -0.25) is 4.79 Å². The summed E-state index contributed by atoms with van der Waals surface area (Å²) in [6.07, 6.45) is 6.33. The number of esters is 1. The van der Waals surface area contributed by atoms with Crippen molar-refractivity contribution < 1.29 is 19.1 Å². The Morgan fingerprint density at radius 3 is 2.13 bits per heavy atom. The summed E-state index contributed by atoms with van der Waals surface area (Å²) in [5.41, 5.74) is 0. The average Bonchev–Trinajstić information content (AvgIpc) is 2.23. The minimum atomic E-state index is -0.0343. The Labute approximate surface area is 91.0 Å². The Balaban J connectivity index is 0. The zero-order chi connectivity index (χ0) is 11.9. The van der Waals surface area contributed by atoms with Crippen molar-refractivity contribution in [2.45, 2.75) is 52.4 Å². The Kier molecular flexibility index (Phi) is 16.6. The Hall–Kier alpha value is -1.15. The van der Waals surface area contributed by atoms with Crippen molar-refractivity contribution in [3.63, 3.8) is 0 Å². The molecule has 0 aliphatic heterocycles. The molecule has 0 aliphatic rings. The van der Waals surface area contributed by atoms with Gasteiger partial charge in [-0.1, -0.05) is 33.1 Å². The number of rotatable bonds is 7. The van der Waals surface area contributed by atoms with E-state index in [0.717, 1.165) is 19.3 Å². The van der Waals surface area contributed by atoms with Crippen LogP contribution in [0, 0.1) is 0 Å². The van der Waals surface area contributed by atoms with Crippen LogP contribution in [0.5, 0.6) is 0 Å². The van der Waals surface area contributed by atoms with Gasteiger partial charge in [0.05, 0.1) is 6.61 Å². The molecule has 0 aromatic carbocycles. The van der Waals surface area contributed by atoms with E-state index in [9.17, 15) is 4.79 Å². The Bertz CT molecular complexity index is 171. The molecule has 0 unspecified atom stereocenters. The molecule has 4 heteroatoms. The smallest absolute Gasteiger partial charge is 0.373 e. The molecule has 0 amide bonds. The third-order valence-electron chi connectivity index (χ3n) is 1.70. The molecule has 0 rings (SSSR count). The van der Waals surface area contributed by atoms with E-state index in [1.165, 1.54) is 12.8 Å². The maximum absolute atomic E-state index is 10.9. The van der Waals surface area contributed by atoms with Gasteiger partial charge in [0, 0.05) is 6.42 Å². The fourth-order valence-electron chi connectivity index (χ4n) is 0.984. The summed E-state index contributed by atoms with van der Waals surface area (Å²) in [7, 11) is 0. The zero-order valence-corrected chi connectivity index (χ0v) is 9.58. The van der Waals surface area contributed by atoms with E-state index >= 15 is 0 Å². The number of carbonyl (C=O) groups is 1. The van der Waals surface area contributed by atoms with E-state index in [0.29, 0.717) is 13.0 Å². The summed E-state index contributed by atoms with van der Waals surface area (Å²) >= 11 is 0. The number of carbonyl (C=O) groups excluding carboxylic acids is 3. The van der Waals surface area contributed by atoms with Gasteiger partial charge in [0.15, 0.2) is 0 Å². The molecule has 4 nitrogen and oxygen atoms in total. The van der Waals surface area contributed by atoms with Crippen molar-refractivity contribution in [2.24, 2.45) is 0 Å². The summed E-state index contributed by atoms with van der Waals surface area (Å²) < 4.78 is 4.93. The molecule has 0 heterocycles. The average molecular weight is 216 g/mol. The summed E-state index contributed by atoms with van der Waals surface area (Å²) in [6.45, 7) is 4.74. The monoisotopic (exact) mass is 216 g/mol. The molecule has 0 aliphatic carbocycles. The molecular formula is C11H20O4. The number of hydrogen-bond acceptors (Lipinski definition) is 4. The summed E-state index contributed by atoms with van der Waals surface area (Å²) in [5, 5.41) is 0. The van der Waals surface area contributed by atoms with Crippen LogP contribution in [0.1, 0.15) is 52.4 Å². The van der Waals surface area contributed by atoms with E-state index < -0.39 is 0 Å². The second kappa shape index (κ2) is 15.3. The first-order chi connectivity index (χ1) is 7.22. The highest BCUT2D eigenvalue weighted by Crippen LogP contribution is 2.03. The van der Waals surface area contributed by atoms with Crippen molar-refractivity contribution in [3.8, 4) is 0 Å². The van der Waals surface area contributed by atoms with Gasteiger partial charge in [0.25, 0.3) is 0 Å². The van der Waals surface area contributed by atoms with E-state index in [2.05, 4.69) is 6.92 Å². The molecule has 0 spiro atoms. The third kappa shape index (κ3) is 19.3. The Morgan fingerprint density at radius 1 is 1.07 bits per heavy atom. The topological polar surface area (TPSA) is 60.4 Å². The quantitative estimate of drug-likeness (QED) is 0.484. The molecule has 0 radical (unpaired) electrons. The number of unbranched alkanes of at least 4 members (excludes halogenated alkanes) is 3. The zero-order valence-electron chi connectivity index (χ0n) is 9.58. The summed E-state index contributed by atoms with van der Waals surface area (Å²) in [6, 6.07) is 0. The molecule has 0 aromatic rings. The molecule has 0 N–H and O–H groups in total. The van der Waals surface area contributed by atoms with Crippen LogP contribution in [0.25, 0.3) is 0 Å². The molecule has 88 valence electrons. The van der Waals surface area contributed by atoms with Crippen molar-refractivity contribution in [3.05, 3.63) is 0 Å². The van der Waals surface area contributed by atoms with Crippen LogP contribution in [0.15, 0.2) is 0 Å². The minimum absolute atomic E-state index is 0.0343. The van der Waals surface area contributed by atoms with Crippen LogP contribution in [0.2, 0.25) is 0 Å². The van der Waals surface area contributed by atoms with Crippen LogP contribution >= 0.6 is 0 Å². The van der Waals surface area contributed by atoms with E-state index in [-0.39, 0.29) is 12.1 Å². The molecule has 0 atom stereocenters. The second-order valence-electron chi connectivity index (χ2n) is 3.11. The fourth-order valence-corrected chi connectivity index (χ4v) is 0.984. The van der Waals surface area contributed by atoms with Gasteiger partial charge in [-0.15, -0.1) is 0 Å². The van der Waals surface area contributed by atoms with Crippen LogP contribution in [-0.4, -0.2) is 18.7 Å². The predicted octanol–water partition coefficient (Wildman–Crippen LogP) is 2.33. The van der Waals surface area contributed by atoms with Gasteiger partial charge < -0.3 is 4.74 Å². The second-order valence-corrected chi connectivity index (χ2v) is 3.11. The maximum atomic E-state index is 10.9. The van der Waals surface area contributed by atoms with Crippen LogP contribution in [0.3, 0.4) is 0 Å². The first kappa shape index (κ1) is 16.3. The van der Waals surface area contributed by atoms with Crippen molar-refractivity contribution >= 4 is 12.1 Å². The fraction of sp³-hybridized carbons (Fsp3) is 0.818. The summed E-state index contributed by atoms with van der Waals surface area (Å²) in [5.74, 6) is -0.0343. The van der Waals surface area contributed by atoms with Gasteiger partial charge in [0.2, 0.25) is 0 Å². The lowest BCUT2D eigenvalue weighted by Crippen LogP contribution is -2.04. The Morgan fingerprint density at radius 2 is 1.67 bits per heavy atom. The first-order valence-corrected chi connectivity index (χ1v) is 5.37. The maximum Gasteiger partial charge on any atom is 0.373 e. The molecule has 0 saturated carbocycles. The lowest BCUT2D eigenvalue weighted by molar-refractivity contribution is -0.191. The number of hydrogen-bond donors (Lipinski definition) is 0. The van der Waals surface area contributed by atoms with Gasteiger partial charge >= 0.3 is 12.1 Å². The largest absolute Gasteiger partial charge is 0.466 e. The third-order valence-corrected chi connectivity index (χ3v) is 1.70. The lowest BCUT2D eigenvalue weighted by atomic mass is 10.2.